The van der Waals surface area contributed by atoms with E-state index in [0.29, 0.717) is 0 Å². The third-order valence-corrected chi connectivity index (χ3v) is 24.8. The molecule has 0 aromatic heterocycles. The van der Waals surface area contributed by atoms with Crippen LogP contribution in [0, 0.1) is 0 Å². The van der Waals surface area contributed by atoms with Gasteiger partial charge in [-0.25, -0.2) is 0 Å². The van der Waals surface area contributed by atoms with Gasteiger partial charge in [-0.2, -0.15) is 0 Å². The molecule has 0 atom stereocenters. The summed E-state index contributed by atoms with van der Waals surface area (Å²) >= 11 is -1.22. The second-order valence-electron chi connectivity index (χ2n) is 9.19. The van der Waals surface area contributed by atoms with Gasteiger partial charge in [-0.15, -0.1) is 0 Å². The van der Waals surface area contributed by atoms with Crippen molar-refractivity contribution in [3.8, 4) is 11.1 Å². The second kappa shape index (κ2) is 7.88. The van der Waals surface area contributed by atoms with Gasteiger partial charge in [0, 0.05) is 0 Å². The number of fused-ring (bicyclic) bond motifs is 7. The van der Waals surface area contributed by atoms with Crippen LogP contribution in [-0.2, 0) is 10.4 Å². The summed E-state index contributed by atoms with van der Waals surface area (Å²) in [6.07, 6.45) is 0. The molecule has 2 heteroatoms. The molecule has 1 aliphatic rings. The van der Waals surface area contributed by atoms with Crippen molar-refractivity contribution >= 4 is 46.9 Å². The summed E-state index contributed by atoms with van der Waals surface area (Å²) < 4.78 is 0. The molecule has 0 unspecified atom stereocenters. The Balaban J connectivity index is 1.66. The number of hydrogen-bond acceptors (Lipinski definition) is 0. The van der Waals surface area contributed by atoms with Crippen LogP contribution in [0.15, 0.2) is 103 Å². The van der Waals surface area contributed by atoms with E-state index in [4.69, 9.17) is 0 Å². The first-order valence-electron chi connectivity index (χ1n) is 11.3. The molecule has 5 aromatic rings. The molecule has 1 aliphatic heterocycles. The van der Waals surface area contributed by atoms with Crippen molar-refractivity contribution in [3.05, 3.63) is 114 Å². The minimum atomic E-state index is -1.22. The molecule has 0 spiro atoms. The SMILES string of the molecule is C[P+](C)(c1ccccc1)[As]1Cc2ccc3ccccc3c2-c2c(ccc3ccccc23)C1. The predicted molar refractivity (Wildman–Crippen MR) is 145 cm³/mol. The molecule has 0 bridgehead atoms. The average Bonchev–Trinajstić information content (AvgIpc) is 3.02. The van der Waals surface area contributed by atoms with E-state index in [0.717, 1.165) is 0 Å². The molecule has 0 amide bonds. The van der Waals surface area contributed by atoms with Gasteiger partial charge in [0.1, 0.15) is 0 Å². The van der Waals surface area contributed by atoms with Crippen LogP contribution in [0.1, 0.15) is 11.1 Å². The fraction of sp³-hybridized carbons (Fsp3) is 0.133. The van der Waals surface area contributed by atoms with E-state index < -0.39 is 20.0 Å². The Bertz CT molecular complexity index is 1370. The number of hydrogen-bond donors (Lipinski definition) is 0. The Morgan fingerprint density at radius 3 is 1.53 bits per heavy atom. The standard InChI is InChI=1S/C30H27AsP/c1-32(2,26-12-4-3-5-13-26)31-20-24-18-16-22-10-6-8-14-27(22)29(24)30-25(21-31)19-17-23-11-7-9-15-28(23)30/h3-19H,20-21H2,1-2H3/q+1. The monoisotopic (exact) mass is 493 g/mol. The Morgan fingerprint density at radius 1 is 0.531 bits per heavy atom. The minimum absolute atomic E-state index is 1.18. The summed E-state index contributed by atoms with van der Waals surface area (Å²) in [7, 11) is 0. The van der Waals surface area contributed by atoms with Crippen molar-refractivity contribution in [2.75, 3.05) is 13.3 Å². The third kappa shape index (κ3) is 3.25. The molecular weight excluding hydrogens is 466 g/mol. The van der Waals surface area contributed by atoms with Gasteiger partial charge < -0.3 is 0 Å². The summed E-state index contributed by atoms with van der Waals surface area (Å²) in [4.78, 5) is 0. The molecule has 0 saturated carbocycles. The van der Waals surface area contributed by atoms with Crippen LogP contribution in [0.4, 0.5) is 0 Å². The Labute approximate surface area is 195 Å². The number of rotatable bonds is 2. The van der Waals surface area contributed by atoms with Crippen LogP contribution in [0.5, 0.6) is 0 Å². The van der Waals surface area contributed by atoms with Crippen molar-refractivity contribution in [2.24, 2.45) is 0 Å². The van der Waals surface area contributed by atoms with Crippen molar-refractivity contribution in [2.45, 2.75) is 10.4 Å². The normalized spacial score (nSPS) is 14.2. The van der Waals surface area contributed by atoms with E-state index in [-0.39, 0.29) is 0 Å². The van der Waals surface area contributed by atoms with Crippen LogP contribution in [0.2, 0.25) is 0 Å². The quantitative estimate of drug-likeness (QED) is 0.177. The first kappa shape index (κ1) is 20.2. The van der Waals surface area contributed by atoms with Crippen LogP contribution in [0.25, 0.3) is 32.7 Å². The molecule has 0 saturated heterocycles. The summed E-state index contributed by atoms with van der Waals surface area (Å²) in [5.74, 6) is -1.18. The number of benzene rings is 5. The molecule has 5 aromatic carbocycles. The Hall–Kier alpha value is -2.39. The average molecular weight is 493 g/mol. The summed E-state index contributed by atoms with van der Waals surface area (Å²) in [5.41, 5.74) is 6.14. The van der Waals surface area contributed by atoms with Gasteiger partial charge in [-0.1, -0.05) is 0 Å². The van der Waals surface area contributed by atoms with Crippen LogP contribution in [0.3, 0.4) is 0 Å². The van der Waals surface area contributed by atoms with E-state index in [2.05, 4.69) is 116 Å². The van der Waals surface area contributed by atoms with E-state index >= 15 is 0 Å². The first-order chi connectivity index (χ1) is 15.6. The maximum absolute atomic E-state index is 2.61. The zero-order valence-corrected chi connectivity index (χ0v) is 21.4. The van der Waals surface area contributed by atoms with Gasteiger partial charge in [-0.05, 0) is 0 Å². The van der Waals surface area contributed by atoms with Gasteiger partial charge in [0.25, 0.3) is 0 Å². The molecule has 32 heavy (non-hydrogen) atoms. The van der Waals surface area contributed by atoms with Crippen LogP contribution >= 0.6 is 5.82 Å². The zero-order chi connectivity index (χ0) is 21.7. The van der Waals surface area contributed by atoms with Crippen molar-refractivity contribution < 1.29 is 0 Å². The second-order valence-corrected chi connectivity index (χ2v) is 25.2. The molecule has 0 aliphatic carbocycles. The van der Waals surface area contributed by atoms with Crippen molar-refractivity contribution in [1.82, 2.24) is 0 Å². The van der Waals surface area contributed by atoms with Crippen LogP contribution < -0.4 is 5.30 Å². The Kier molecular flexibility index (Phi) is 4.98. The predicted octanol–water partition coefficient (Wildman–Crippen LogP) is 7.43. The fourth-order valence-electron chi connectivity index (χ4n) is 5.25. The molecule has 156 valence electrons. The fourth-order valence-corrected chi connectivity index (χ4v) is 19.1. The van der Waals surface area contributed by atoms with Gasteiger partial charge in [-0.3, -0.25) is 0 Å². The molecular formula is C30H27AsP+. The third-order valence-electron chi connectivity index (χ3n) is 7.08. The van der Waals surface area contributed by atoms with E-state index in [1.165, 1.54) is 43.1 Å². The van der Waals surface area contributed by atoms with Crippen molar-refractivity contribution in [3.63, 3.8) is 0 Å². The summed E-state index contributed by atoms with van der Waals surface area (Å²) in [5, 5.41) is 9.69. The molecule has 1 heterocycles. The molecule has 0 fully saturated rings. The molecule has 0 radical (unpaired) electrons. The topological polar surface area (TPSA) is 0 Å². The van der Waals surface area contributed by atoms with Gasteiger partial charge in [0.05, 0.1) is 0 Å². The zero-order valence-electron chi connectivity index (χ0n) is 18.6. The first-order valence-corrected chi connectivity index (χ1v) is 19.1. The van der Waals surface area contributed by atoms with E-state index in [1.54, 1.807) is 16.4 Å². The molecule has 6 rings (SSSR count). The van der Waals surface area contributed by atoms with E-state index in [9.17, 15) is 0 Å². The molecule has 0 N–H and O–H groups in total. The van der Waals surface area contributed by atoms with E-state index in [1.807, 2.05) is 0 Å². The van der Waals surface area contributed by atoms with Gasteiger partial charge in [0.15, 0.2) is 0 Å². The van der Waals surface area contributed by atoms with Crippen molar-refractivity contribution in [1.29, 1.82) is 0 Å². The summed E-state index contributed by atoms with van der Waals surface area (Å²) in [6.45, 7) is 5.21. The molecule has 0 nitrogen and oxygen atoms in total. The van der Waals surface area contributed by atoms with Crippen LogP contribution in [-0.4, -0.2) is 27.5 Å². The Morgan fingerprint density at radius 2 is 1.00 bits per heavy atom. The van der Waals surface area contributed by atoms with Gasteiger partial charge in [0.2, 0.25) is 0 Å². The maximum atomic E-state index is 2.61. The summed E-state index contributed by atoms with van der Waals surface area (Å²) in [6, 6.07) is 38.9. The van der Waals surface area contributed by atoms with Gasteiger partial charge >= 0.3 is 196 Å².